The van der Waals surface area contributed by atoms with Crippen LogP contribution in [0.15, 0.2) is 41.1 Å². The molecule has 2 aromatic rings. The van der Waals surface area contributed by atoms with Gasteiger partial charge in [-0.15, -0.1) is 0 Å². The molecule has 1 aromatic heterocycles. The van der Waals surface area contributed by atoms with Gasteiger partial charge in [-0.3, -0.25) is 0 Å². The Bertz CT molecular complexity index is 494. The Morgan fingerprint density at radius 3 is 2.50 bits per heavy atom. The van der Waals surface area contributed by atoms with Gasteiger partial charge < -0.3 is 5.73 Å². The molecule has 1 heterocycles. The first-order valence-corrected chi connectivity index (χ1v) is 7.29. The van der Waals surface area contributed by atoms with Crippen molar-refractivity contribution < 1.29 is 0 Å². The second kappa shape index (κ2) is 5.25. The molecule has 0 radical (unpaired) electrons. The minimum atomic E-state index is 0.0787. The van der Waals surface area contributed by atoms with Gasteiger partial charge >= 0.3 is 0 Å². The number of nitrogens with two attached hydrogens (primary N) is 1. The molecular formula is C16H21NS. The summed E-state index contributed by atoms with van der Waals surface area (Å²) in [6.07, 6.45) is 0.913. The first kappa shape index (κ1) is 13.3. The van der Waals surface area contributed by atoms with Crippen LogP contribution in [-0.2, 0) is 11.8 Å². The normalized spacial score (nSPS) is 13.6. The van der Waals surface area contributed by atoms with Crippen molar-refractivity contribution in [3.8, 4) is 0 Å². The molecule has 1 unspecified atom stereocenters. The molecule has 0 aliphatic heterocycles. The van der Waals surface area contributed by atoms with Crippen molar-refractivity contribution in [2.45, 2.75) is 38.6 Å². The highest BCUT2D eigenvalue weighted by atomic mass is 32.1. The minimum absolute atomic E-state index is 0.0787. The Morgan fingerprint density at radius 2 is 1.89 bits per heavy atom. The van der Waals surface area contributed by atoms with E-state index in [9.17, 15) is 0 Å². The Hall–Kier alpha value is -1.12. The zero-order chi connectivity index (χ0) is 13.2. The van der Waals surface area contributed by atoms with Gasteiger partial charge in [0.15, 0.2) is 0 Å². The lowest BCUT2D eigenvalue weighted by Gasteiger charge is -2.25. The second-order valence-electron chi connectivity index (χ2n) is 5.78. The van der Waals surface area contributed by atoms with E-state index in [-0.39, 0.29) is 11.5 Å². The number of benzene rings is 1. The van der Waals surface area contributed by atoms with Gasteiger partial charge in [-0.25, -0.2) is 0 Å². The van der Waals surface area contributed by atoms with E-state index in [2.05, 4.69) is 61.9 Å². The molecule has 96 valence electrons. The fraction of sp³-hybridized carbons (Fsp3) is 0.375. The van der Waals surface area contributed by atoms with Crippen molar-refractivity contribution >= 4 is 11.3 Å². The second-order valence-corrected chi connectivity index (χ2v) is 6.56. The lowest BCUT2D eigenvalue weighted by atomic mass is 9.81. The summed E-state index contributed by atoms with van der Waals surface area (Å²) in [6.45, 7) is 6.72. The molecule has 0 amide bonds. The summed E-state index contributed by atoms with van der Waals surface area (Å²) in [5.41, 5.74) is 10.5. The van der Waals surface area contributed by atoms with E-state index in [1.54, 1.807) is 11.3 Å². The van der Waals surface area contributed by atoms with E-state index in [1.807, 2.05) is 0 Å². The smallest absolute Gasteiger partial charge is 0.0339 e. The molecule has 1 aromatic carbocycles. The van der Waals surface area contributed by atoms with Gasteiger partial charge in [-0.2, -0.15) is 11.3 Å². The van der Waals surface area contributed by atoms with Crippen molar-refractivity contribution in [3.63, 3.8) is 0 Å². The third-order valence-corrected chi connectivity index (χ3v) is 3.94. The average molecular weight is 259 g/mol. The Labute approximate surface area is 114 Å². The maximum atomic E-state index is 6.39. The molecule has 0 aliphatic rings. The highest BCUT2D eigenvalue weighted by Crippen LogP contribution is 2.30. The summed E-state index contributed by atoms with van der Waals surface area (Å²) in [5.74, 6) is 0. The van der Waals surface area contributed by atoms with Gasteiger partial charge in [0.25, 0.3) is 0 Å². The summed E-state index contributed by atoms with van der Waals surface area (Å²) in [4.78, 5) is 0. The van der Waals surface area contributed by atoms with E-state index < -0.39 is 0 Å². The van der Waals surface area contributed by atoms with Crippen LogP contribution in [0.25, 0.3) is 0 Å². The zero-order valence-electron chi connectivity index (χ0n) is 11.3. The molecule has 0 spiro atoms. The van der Waals surface area contributed by atoms with Crippen LogP contribution in [0.3, 0.4) is 0 Å². The molecule has 0 fully saturated rings. The van der Waals surface area contributed by atoms with Gasteiger partial charge in [0, 0.05) is 6.04 Å². The van der Waals surface area contributed by atoms with E-state index in [0.29, 0.717) is 0 Å². The topological polar surface area (TPSA) is 26.0 Å². The first-order chi connectivity index (χ1) is 8.48. The Kier molecular flexibility index (Phi) is 3.88. The summed E-state index contributed by atoms with van der Waals surface area (Å²) in [6, 6.07) is 10.8. The number of hydrogen-bond donors (Lipinski definition) is 1. The molecule has 2 heteroatoms. The van der Waals surface area contributed by atoms with Crippen molar-refractivity contribution in [3.05, 3.63) is 57.8 Å². The van der Waals surface area contributed by atoms with Crippen LogP contribution in [0.4, 0.5) is 0 Å². The maximum Gasteiger partial charge on any atom is 0.0339 e. The van der Waals surface area contributed by atoms with Crippen molar-refractivity contribution in [1.82, 2.24) is 0 Å². The number of hydrogen-bond acceptors (Lipinski definition) is 2. The molecule has 0 bridgehead atoms. The molecule has 1 nitrogen and oxygen atoms in total. The average Bonchev–Trinajstić information content (AvgIpc) is 2.80. The van der Waals surface area contributed by atoms with E-state index in [0.717, 1.165) is 6.42 Å². The Morgan fingerprint density at radius 1 is 1.17 bits per heavy atom. The van der Waals surface area contributed by atoms with E-state index in [4.69, 9.17) is 5.73 Å². The lowest BCUT2D eigenvalue weighted by Crippen LogP contribution is -2.21. The summed E-state index contributed by atoms with van der Waals surface area (Å²) in [7, 11) is 0. The number of thiophene rings is 1. The van der Waals surface area contributed by atoms with Gasteiger partial charge in [-0.05, 0) is 45.4 Å². The highest BCUT2D eigenvalue weighted by molar-refractivity contribution is 7.07. The minimum Gasteiger partial charge on any atom is -0.324 e. The van der Waals surface area contributed by atoms with Gasteiger partial charge in [0.1, 0.15) is 0 Å². The van der Waals surface area contributed by atoms with E-state index in [1.165, 1.54) is 16.7 Å². The standard InChI is InChI=1S/C16H21NS/c1-16(2,3)14-7-5-4-6-13(14)15(17)10-12-8-9-18-11-12/h4-9,11,15H,10,17H2,1-3H3. The molecule has 18 heavy (non-hydrogen) atoms. The predicted octanol–water partition coefficient (Wildman–Crippen LogP) is 4.29. The van der Waals surface area contributed by atoms with Crippen LogP contribution >= 0.6 is 11.3 Å². The molecule has 0 saturated carbocycles. The molecule has 2 rings (SSSR count). The van der Waals surface area contributed by atoms with Crippen LogP contribution in [0, 0.1) is 0 Å². The molecule has 0 aliphatic carbocycles. The summed E-state index contributed by atoms with van der Waals surface area (Å²) in [5, 5.41) is 4.29. The maximum absolute atomic E-state index is 6.39. The number of rotatable bonds is 3. The monoisotopic (exact) mass is 259 g/mol. The SMILES string of the molecule is CC(C)(C)c1ccccc1C(N)Cc1ccsc1. The predicted molar refractivity (Wildman–Crippen MR) is 80.1 cm³/mol. The van der Waals surface area contributed by atoms with Crippen LogP contribution in [0.2, 0.25) is 0 Å². The lowest BCUT2D eigenvalue weighted by molar-refractivity contribution is 0.569. The molecule has 0 saturated heterocycles. The highest BCUT2D eigenvalue weighted by Gasteiger charge is 2.20. The fourth-order valence-corrected chi connectivity index (χ4v) is 2.96. The van der Waals surface area contributed by atoms with Crippen molar-refractivity contribution in [2.24, 2.45) is 5.73 Å². The molecular weight excluding hydrogens is 238 g/mol. The van der Waals surface area contributed by atoms with Crippen LogP contribution in [-0.4, -0.2) is 0 Å². The molecule has 1 atom stereocenters. The van der Waals surface area contributed by atoms with Crippen LogP contribution in [0.1, 0.15) is 43.5 Å². The Balaban J connectivity index is 2.27. The first-order valence-electron chi connectivity index (χ1n) is 6.34. The largest absolute Gasteiger partial charge is 0.324 e. The molecule has 2 N–H and O–H groups in total. The third kappa shape index (κ3) is 3.01. The third-order valence-electron chi connectivity index (χ3n) is 3.20. The quantitative estimate of drug-likeness (QED) is 0.874. The van der Waals surface area contributed by atoms with Crippen LogP contribution < -0.4 is 5.73 Å². The van der Waals surface area contributed by atoms with Gasteiger partial charge in [-0.1, -0.05) is 45.0 Å². The van der Waals surface area contributed by atoms with Crippen molar-refractivity contribution in [2.75, 3.05) is 0 Å². The van der Waals surface area contributed by atoms with Gasteiger partial charge in [0.05, 0.1) is 0 Å². The fourth-order valence-electron chi connectivity index (χ4n) is 2.28. The van der Waals surface area contributed by atoms with Crippen molar-refractivity contribution in [1.29, 1.82) is 0 Å². The zero-order valence-corrected chi connectivity index (χ0v) is 12.1. The van der Waals surface area contributed by atoms with Gasteiger partial charge in [0.2, 0.25) is 0 Å². The summed E-state index contributed by atoms with van der Waals surface area (Å²) >= 11 is 1.73. The van der Waals surface area contributed by atoms with Crippen LogP contribution in [0.5, 0.6) is 0 Å². The van der Waals surface area contributed by atoms with E-state index >= 15 is 0 Å². The summed E-state index contributed by atoms with van der Waals surface area (Å²) < 4.78 is 0.